The number of Topliss-reactive ketones (excluding diaryl/α,β-unsaturated/α-hetero) is 1. The maximum Gasteiger partial charge on any atom is 0.157 e. The number of piperazine rings is 1. The fourth-order valence-corrected chi connectivity index (χ4v) is 3.41. The molecule has 0 saturated carbocycles. The van der Waals surface area contributed by atoms with Crippen molar-refractivity contribution in [1.29, 1.82) is 0 Å². The van der Waals surface area contributed by atoms with E-state index in [4.69, 9.17) is 0 Å². The maximum atomic E-state index is 12.6. The van der Waals surface area contributed by atoms with Gasteiger partial charge in [0.15, 0.2) is 5.78 Å². The lowest BCUT2D eigenvalue weighted by Crippen LogP contribution is -2.54. The Labute approximate surface area is 129 Å². The second-order valence-corrected chi connectivity index (χ2v) is 6.38. The van der Waals surface area contributed by atoms with Gasteiger partial charge in [0.1, 0.15) is 0 Å². The Morgan fingerprint density at radius 1 is 1.35 bits per heavy atom. The minimum atomic E-state index is -0.0133. The highest BCUT2D eigenvalue weighted by Gasteiger charge is 2.29. The van der Waals surface area contributed by atoms with Crippen molar-refractivity contribution in [3.63, 3.8) is 0 Å². The molecular formula is C14H23BrN4O. The van der Waals surface area contributed by atoms with Crippen LogP contribution in [0.5, 0.6) is 0 Å². The Balaban J connectivity index is 2.13. The fraction of sp³-hybridized carbons (Fsp3) is 0.714. The molecule has 112 valence electrons. The zero-order valence-corrected chi connectivity index (χ0v) is 14.3. The molecule has 0 N–H and O–H groups in total. The molecule has 1 aliphatic rings. The first-order valence-electron chi connectivity index (χ1n) is 7.05. The van der Waals surface area contributed by atoms with E-state index in [1.165, 1.54) is 0 Å². The van der Waals surface area contributed by atoms with Crippen molar-refractivity contribution in [2.24, 2.45) is 7.05 Å². The molecule has 0 amide bonds. The third-order valence-electron chi connectivity index (χ3n) is 4.07. The van der Waals surface area contributed by atoms with Gasteiger partial charge in [-0.3, -0.25) is 14.4 Å². The van der Waals surface area contributed by atoms with Gasteiger partial charge in [-0.2, -0.15) is 5.10 Å². The van der Waals surface area contributed by atoms with Crippen LogP contribution < -0.4 is 0 Å². The fourth-order valence-electron chi connectivity index (χ4n) is 2.65. The molecule has 5 nitrogen and oxygen atoms in total. The van der Waals surface area contributed by atoms with Gasteiger partial charge in [-0.25, -0.2) is 0 Å². The Morgan fingerprint density at radius 3 is 2.65 bits per heavy atom. The summed E-state index contributed by atoms with van der Waals surface area (Å²) in [5.41, 5.74) is 2.00. The van der Waals surface area contributed by atoms with Gasteiger partial charge < -0.3 is 4.90 Å². The van der Waals surface area contributed by atoms with Crippen LogP contribution in [0.25, 0.3) is 0 Å². The number of aryl methyl sites for hydroxylation is 2. The van der Waals surface area contributed by atoms with Crippen LogP contribution in [0.3, 0.4) is 0 Å². The molecule has 1 unspecified atom stereocenters. The number of hydrogen-bond donors (Lipinski definition) is 0. The minimum Gasteiger partial charge on any atom is -0.303 e. The van der Waals surface area contributed by atoms with Gasteiger partial charge >= 0.3 is 0 Å². The van der Waals surface area contributed by atoms with Gasteiger partial charge in [0, 0.05) is 26.7 Å². The summed E-state index contributed by atoms with van der Waals surface area (Å²) in [5, 5.41) is 4.45. The SMILES string of the molecule is CCc1nn(C)c(CC(=O)C2CN(C)CCN2C)c1Br. The summed E-state index contributed by atoms with van der Waals surface area (Å²) in [6.45, 7) is 4.85. The van der Waals surface area contributed by atoms with Gasteiger partial charge in [0.25, 0.3) is 0 Å². The van der Waals surface area contributed by atoms with E-state index in [-0.39, 0.29) is 11.8 Å². The van der Waals surface area contributed by atoms with Gasteiger partial charge in [0.2, 0.25) is 0 Å². The van der Waals surface area contributed by atoms with Crippen LogP contribution in [0.15, 0.2) is 4.47 Å². The predicted octanol–water partition coefficient (Wildman–Crippen LogP) is 1.10. The molecule has 0 radical (unpaired) electrons. The van der Waals surface area contributed by atoms with E-state index < -0.39 is 0 Å². The van der Waals surface area contributed by atoms with Crippen molar-refractivity contribution in [2.45, 2.75) is 25.8 Å². The second kappa shape index (κ2) is 6.37. The quantitative estimate of drug-likeness (QED) is 0.821. The third-order valence-corrected chi connectivity index (χ3v) is 4.98. The van der Waals surface area contributed by atoms with Crippen molar-refractivity contribution >= 4 is 21.7 Å². The molecule has 1 aromatic heterocycles. The average Bonchev–Trinajstić information content (AvgIpc) is 2.68. The number of carbonyl (C=O) groups is 1. The molecule has 0 bridgehead atoms. The molecule has 6 heteroatoms. The summed E-state index contributed by atoms with van der Waals surface area (Å²) in [5.74, 6) is 0.269. The Kier molecular flexibility index (Phi) is 4.99. The number of hydrogen-bond acceptors (Lipinski definition) is 4. The number of carbonyl (C=O) groups excluding carboxylic acids is 1. The van der Waals surface area contributed by atoms with Gasteiger partial charge in [-0.1, -0.05) is 6.92 Å². The monoisotopic (exact) mass is 342 g/mol. The zero-order valence-electron chi connectivity index (χ0n) is 12.7. The molecule has 0 aromatic carbocycles. The van der Waals surface area contributed by atoms with Crippen LogP contribution in [0.1, 0.15) is 18.3 Å². The van der Waals surface area contributed by atoms with E-state index >= 15 is 0 Å². The molecule has 1 fully saturated rings. The Morgan fingerprint density at radius 2 is 2.05 bits per heavy atom. The van der Waals surface area contributed by atoms with Gasteiger partial charge in [-0.15, -0.1) is 0 Å². The van der Waals surface area contributed by atoms with Gasteiger partial charge in [-0.05, 0) is 36.4 Å². The largest absolute Gasteiger partial charge is 0.303 e. The molecule has 2 heterocycles. The summed E-state index contributed by atoms with van der Waals surface area (Å²) in [6, 6.07) is -0.0133. The maximum absolute atomic E-state index is 12.6. The normalized spacial score (nSPS) is 21.4. The summed E-state index contributed by atoms with van der Waals surface area (Å²) in [7, 11) is 6.01. The highest BCUT2D eigenvalue weighted by molar-refractivity contribution is 9.10. The molecule has 2 rings (SSSR count). The summed E-state index contributed by atoms with van der Waals surface area (Å²) in [4.78, 5) is 17.0. The Hall–Kier alpha value is -0.720. The van der Waals surface area contributed by atoms with Gasteiger partial charge in [0.05, 0.1) is 28.3 Å². The Bertz CT molecular complexity index is 500. The molecule has 0 spiro atoms. The summed E-state index contributed by atoms with van der Waals surface area (Å²) in [6.07, 6.45) is 1.31. The molecule has 0 aliphatic carbocycles. The van der Waals surface area contributed by atoms with Crippen molar-refractivity contribution in [2.75, 3.05) is 33.7 Å². The predicted molar refractivity (Wildman–Crippen MR) is 82.9 cm³/mol. The van der Waals surface area contributed by atoms with Crippen LogP contribution in [-0.4, -0.2) is 65.1 Å². The van der Waals surface area contributed by atoms with Crippen LogP contribution >= 0.6 is 15.9 Å². The molecule has 1 aliphatic heterocycles. The summed E-state index contributed by atoms with van der Waals surface area (Å²) < 4.78 is 2.82. The summed E-state index contributed by atoms with van der Waals surface area (Å²) >= 11 is 3.58. The number of likely N-dealkylation sites (N-methyl/N-ethyl adjacent to an activating group) is 2. The van der Waals surface area contributed by atoms with E-state index in [2.05, 4.69) is 44.8 Å². The molecule has 1 aromatic rings. The number of rotatable bonds is 4. The first kappa shape index (κ1) is 15.7. The molecular weight excluding hydrogens is 320 g/mol. The van der Waals surface area contributed by atoms with E-state index in [0.29, 0.717) is 6.42 Å². The first-order valence-corrected chi connectivity index (χ1v) is 7.85. The topological polar surface area (TPSA) is 41.4 Å². The number of ketones is 1. The number of halogens is 1. The third kappa shape index (κ3) is 3.13. The zero-order chi connectivity index (χ0) is 14.9. The molecule has 1 atom stereocenters. The second-order valence-electron chi connectivity index (χ2n) is 5.59. The van der Waals surface area contributed by atoms with Crippen LogP contribution in [0.4, 0.5) is 0 Å². The van der Waals surface area contributed by atoms with Crippen molar-refractivity contribution in [3.8, 4) is 0 Å². The van der Waals surface area contributed by atoms with E-state index in [9.17, 15) is 4.79 Å². The molecule has 20 heavy (non-hydrogen) atoms. The number of aromatic nitrogens is 2. The van der Waals surface area contributed by atoms with Crippen molar-refractivity contribution in [3.05, 3.63) is 15.9 Å². The smallest absolute Gasteiger partial charge is 0.157 e. The highest BCUT2D eigenvalue weighted by atomic mass is 79.9. The highest BCUT2D eigenvalue weighted by Crippen LogP contribution is 2.23. The van der Waals surface area contributed by atoms with Crippen LogP contribution in [0, 0.1) is 0 Å². The lowest BCUT2D eigenvalue weighted by Gasteiger charge is -2.36. The van der Waals surface area contributed by atoms with Crippen molar-refractivity contribution in [1.82, 2.24) is 19.6 Å². The van der Waals surface area contributed by atoms with E-state index in [1.807, 2.05) is 18.8 Å². The average molecular weight is 343 g/mol. The van der Waals surface area contributed by atoms with Crippen LogP contribution in [-0.2, 0) is 24.7 Å². The lowest BCUT2D eigenvalue weighted by molar-refractivity contribution is -0.125. The molecule has 1 saturated heterocycles. The van der Waals surface area contributed by atoms with Crippen molar-refractivity contribution < 1.29 is 4.79 Å². The van der Waals surface area contributed by atoms with E-state index in [0.717, 1.165) is 41.9 Å². The van der Waals surface area contributed by atoms with Crippen LogP contribution in [0.2, 0.25) is 0 Å². The lowest BCUT2D eigenvalue weighted by atomic mass is 10.0. The first-order chi connectivity index (χ1) is 9.43. The minimum absolute atomic E-state index is 0.0133. The standard InChI is InChI=1S/C14H23BrN4O/c1-5-10-14(15)11(19(4)16-10)8-13(20)12-9-17(2)6-7-18(12)3/h12H,5-9H2,1-4H3. The van der Waals surface area contributed by atoms with E-state index in [1.54, 1.807) is 0 Å². The number of nitrogens with zero attached hydrogens (tertiary/aromatic N) is 4.